The highest BCUT2D eigenvalue weighted by molar-refractivity contribution is 7.91. The third-order valence-corrected chi connectivity index (χ3v) is 7.11. The van der Waals surface area contributed by atoms with Crippen LogP contribution in [0.3, 0.4) is 0 Å². The first-order valence-corrected chi connectivity index (χ1v) is 8.76. The number of hydrogen-bond acceptors (Lipinski definition) is 6. The van der Waals surface area contributed by atoms with Gasteiger partial charge in [0.05, 0.1) is 7.11 Å². The lowest BCUT2D eigenvalue weighted by atomic mass is 10.1. The van der Waals surface area contributed by atoms with Gasteiger partial charge in [-0.1, -0.05) is 0 Å². The minimum absolute atomic E-state index is 0.239. The van der Waals surface area contributed by atoms with E-state index in [0.29, 0.717) is 19.0 Å². The molecule has 0 fully saturated rings. The van der Waals surface area contributed by atoms with Gasteiger partial charge in [0.2, 0.25) is 5.88 Å². The highest BCUT2D eigenvalue weighted by Crippen LogP contribution is 2.30. The van der Waals surface area contributed by atoms with Crippen molar-refractivity contribution in [1.29, 1.82) is 0 Å². The molecule has 0 saturated carbocycles. The number of nitrogens with zero attached hydrogens (tertiary/aromatic N) is 2. The standard InChI is InChI=1S/C11H12N2O3S3/c1-16-10-6-11(18-12-10)19(14,15)13-4-2-9-8(7-13)3-5-17-9/h3,5-6H,2,4,7H2,1H3. The van der Waals surface area contributed by atoms with Gasteiger partial charge in [0.1, 0.15) is 0 Å². The quantitative estimate of drug-likeness (QED) is 0.868. The molecule has 2 aromatic heterocycles. The summed E-state index contributed by atoms with van der Waals surface area (Å²) in [6.07, 6.45) is 0.780. The molecule has 102 valence electrons. The second-order valence-electron chi connectivity index (χ2n) is 4.15. The topological polar surface area (TPSA) is 59.5 Å². The average molecular weight is 316 g/mol. The number of hydrogen-bond donors (Lipinski definition) is 0. The van der Waals surface area contributed by atoms with Crippen LogP contribution in [0.4, 0.5) is 0 Å². The van der Waals surface area contributed by atoms with Gasteiger partial charge in [-0.25, -0.2) is 8.42 Å². The highest BCUT2D eigenvalue weighted by Gasteiger charge is 2.30. The monoisotopic (exact) mass is 316 g/mol. The minimum Gasteiger partial charge on any atom is -0.480 e. The van der Waals surface area contributed by atoms with Gasteiger partial charge in [-0.2, -0.15) is 8.68 Å². The molecule has 0 aliphatic carbocycles. The van der Waals surface area contributed by atoms with Crippen LogP contribution in [0.5, 0.6) is 5.88 Å². The number of methoxy groups -OCH3 is 1. The summed E-state index contributed by atoms with van der Waals surface area (Å²) in [5.74, 6) is 0.344. The van der Waals surface area contributed by atoms with Gasteiger partial charge in [-0.05, 0) is 35.0 Å². The number of thiophene rings is 1. The van der Waals surface area contributed by atoms with Crippen molar-refractivity contribution in [2.45, 2.75) is 17.2 Å². The van der Waals surface area contributed by atoms with Crippen molar-refractivity contribution in [2.75, 3.05) is 13.7 Å². The molecule has 5 nitrogen and oxygen atoms in total. The van der Waals surface area contributed by atoms with Crippen LogP contribution in [0.1, 0.15) is 10.4 Å². The van der Waals surface area contributed by atoms with Crippen LogP contribution in [0.15, 0.2) is 21.7 Å². The summed E-state index contributed by atoms with van der Waals surface area (Å²) in [6, 6.07) is 3.47. The Balaban J connectivity index is 1.89. The van der Waals surface area contributed by atoms with E-state index in [1.54, 1.807) is 11.3 Å². The van der Waals surface area contributed by atoms with Gasteiger partial charge >= 0.3 is 0 Å². The molecular formula is C11H12N2O3S3. The summed E-state index contributed by atoms with van der Waals surface area (Å²) in [5.41, 5.74) is 1.11. The van der Waals surface area contributed by atoms with Gasteiger partial charge in [-0.15, -0.1) is 11.3 Å². The van der Waals surface area contributed by atoms with Gasteiger partial charge in [0.25, 0.3) is 10.0 Å². The van der Waals surface area contributed by atoms with Crippen LogP contribution >= 0.6 is 22.9 Å². The number of fused-ring (bicyclic) bond motifs is 1. The van der Waals surface area contributed by atoms with Gasteiger partial charge < -0.3 is 4.74 Å². The van der Waals surface area contributed by atoms with Gasteiger partial charge in [-0.3, -0.25) is 0 Å². The summed E-state index contributed by atoms with van der Waals surface area (Å²) in [7, 11) is -1.98. The Bertz CT molecular complexity index is 690. The molecule has 1 aliphatic heterocycles. The zero-order valence-corrected chi connectivity index (χ0v) is 12.6. The van der Waals surface area contributed by atoms with E-state index >= 15 is 0 Å². The minimum atomic E-state index is -3.46. The highest BCUT2D eigenvalue weighted by atomic mass is 32.2. The Morgan fingerprint density at radius 1 is 1.47 bits per heavy atom. The van der Waals surface area contributed by atoms with Crippen LogP contribution in [0.25, 0.3) is 0 Å². The first kappa shape index (κ1) is 13.0. The van der Waals surface area contributed by atoms with Crippen LogP contribution in [0.2, 0.25) is 0 Å². The van der Waals surface area contributed by atoms with Gasteiger partial charge in [0.15, 0.2) is 4.21 Å². The number of aromatic nitrogens is 1. The maximum atomic E-state index is 12.5. The molecule has 1 aliphatic rings. The van der Waals surface area contributed by atoms with Crippen LogP contribution in [0, 0.1) is 0 Å². The van der Waals surface area contributed by atoms with Gasteiger partial charge in [0, 0.05) is 24.0 Å². The Kier molecular flexibility index (Phi) is 3.34. The van der Waals surface area contributed by atoms with E-state index in [1.165, 1.54) is 22.4 Å². The molecule has 0 radical (unpaired) electrons. The molecule has 0 atom stereocenters. The largest absolute Gasteiger partial charge is 0.480 e. The smallest absolute Gasteiger partial charge is 0.254 e. The Hall–Kier alpha value is -0.960. The molecule has 0 unspecified atom stereocenters. The Morgan fingerprint density at radius 2 is 2.32 bits per heavy atom. The van der Waals surface area contributed by atoms with E-state index < -0.39 is 10.0 Å². The maximum Gasteiger partial charge on any atom is 0.254 e. The van der Waals surface area contributed by atoms with E-state index in [1.807, 2.05) is 11.4 Å². The normalized spacial score (nSPS) is 16.3. The van der Waals surface area contributed by atoms with E-state index in [0.717, 1.165) is 23.5 Å². The first-order chi connectivity index (χ1) is 9.11. The molecule has 19 heavy (non-hydrogen) atoms. The lowest BCUT2D eigenvalue weighted by Crippen LogP contribution is -2.34. The average Bonchev–Trinajstić information content (AvgIpc) is 3.06. The molecule has 8 heteroatoms. The predicted molar refractivity (Wildman–Crippen MR) is 74.3 cm³/mol. The molecule has 0 amide bonds. The maximum absolute atomic E-state index is 12.5. The van der Waals surface area contributed by atoms with Crippen molar-refractivity contribution in [2.24, 2.45) is 0 Å². The summed E-state index contributed by atoms with van der Waals surface area (Å²) in [5, 5.41) is 2.01. The summed E-state index contributed by atoms with van der Waals surface area (Å²) in [4.78, 5) is 1.29. The van der Waals surface area contributed by atoms with Crippen molar-refractivity contribution in [1.82, 2.24) is 8.68 Å². The number of ether oxygens (including phenoxy) is 1. The molecule has 0 N–H and O–H groups in total. The molecule has 0 aromatic carbocycles. The van der Waals surface area contributed by atoms with Crippen LogP contribution in [-0.4, -0.2) is 30.8 Å². The first-order valence-electron chi connectivity index (χ1n) is 5.67. The van der Waals surface area contributed by atoms with E-state index in [2.05, 4.69) is 4.37 Å². The summed E-state index contributed by atoms with van der Waals surface area (Å²) in [6.45, 7) is 0.970. The van der Waals surface area contributed by atoms with Crippen molar-refractivity contribution < 1.29 is 13.2 Å². The zero-order chi connectivity index (χ0) is 13.5. The number of rotatable bonds is 3. The van der Waals surface area contributed by atoms with E-state index in [-0.39, 0.29) is 4.21 Å². The molecule has 3 rings (SSSR count). The fourth-order valence-corrected chi connectivity index (χ4v) is 5.32. The second-order valence-corrected chi connectivity index (χ2v) is 8.12. The second kappa shape index (κ2) is 4.86. The summed E-state index contributed by atoms with van der Waals surface area (Å²) >= 11 is 2.65. The molecular weight excluding hydrogens is 304 g/mol. The van der Waals surface area contributed by atoms with Crippen molar-refractivity contribution in [3.05, 3.63) is 28.0 Å². The predicted octanol–water partition coefficient (Wildman–Crippen LogP) is 1.96. The Labute approximate surface area is 119 Å². The fourth-order valence-electron chi connectivity index (χ4n) is 2.02. The lowest BCUT2D eigenvalue weighted by Gasteiger charge is -2.25. The molecule has 0 spiro atoms. The van der Waals surface area contributed by atoms with Crippen molar-refractivity contribution >= 4 is 32.9 Å². The van der Waals surface area contributed by atoms with Crippen molar-refractivity contribution in [3.63, 3.8) is 0 Å². The SMILES string of the molecule is COc1cc(S(=O)(=O)N2CCc3sccc3C2)sn1. The third kappa shape index (κ3) is 2.29. The zero-order valence-electron chi connectivity index (χ0n) is 10.2. The fraction of sp³-hybridized carbons (Fsp3) is 0.364. The number of sulfonamides is 1. The molecule has 0 bridgehead atoms. The van der Waals surface area contributed by atoms with Crippen LogP contribution in [-0.2, 0) is 23.0 Å². The van der Waals surface area contributed by atoms with Crippen LogP contribution < -0.4 is 4.74 Å². The Morgan fingerprint density at radius 3 is 3.05 bits per heavy atom. The molecule has 2 aromatic rings. The van der Waals surface area contributed by atoms with E-state index in [9.17, 15) is 8.42 Å². The lowest BCUT2D eigenvalue weighted by molar-refractivity contribution is 0.393. The van der Waals surface area contributed by atoms with E-state index in [4.69, 9.17) is 4.74 Å². The van der Waals surface area contributed by atoms with Crippen molar-refractivity contribution in [3.8, 4) is 5.88 Å². The molecule has 0 saturated heterocycles. The third-order valence-electron chi connectivity index (χ3n) is 3.04. The molecule has 3 heterocycles. The summed E-state index contributed by atoms with van der Waals surface area (Å²) < 4.78 is 35.6.